The zero-order valence-corrected chi connectivity index (χ0v) is 10.2. The Kier molecular flexibility index (Phi) is 4.84. The molecular weight excluding hydrogens is 271 g/mol. The van der Waals surface area contributed by atoms with Crippen molar-refractivity contribution in [3.8, 4) is 5.75 Å². The summed E-state index contributed by atoms with van der Waals surface area (Å²) in [5, 5.41) is 2.25. The first-order valence-electron chi connectivity index (χ1n) is 5.00. The molecule has 1 amide bonds. The number of rotatable bonds is 4. The van der Waals surface area contributed by atoms with Gasteiger partial charge in [-0.1, -0.05) is 11.6 Å². The molecule has 1 N–H and O–H groups in total. The van der Waals surface area contributed by atoms with Crippen molar-refractivity contribution in [2.75, 3.05) is 13.2 Å². The van der Waals surface area contributed by atoms with Gasteiger partial charge in [-0.15, -0.1) is 0 Å². The number of hydrogen-bond acceptors (Lipinski definition) is 2. The van der Waals surface area contributed by atoms with Gasteiger partial charge in [0, 0.05) is 5.02 Å². The summed E-state index contributed by atoms with van der Waals surface area (Å²) in [5.41, 5.74) is 0.755. The number of ether oxygens (including phenoxy) is 1. The van der Waals surface area contributed by atoms with Gasteiger partial charge in [0.1, 0.15) is 12.3 Å². The number of hydrogen-bond donors (Lipinski definition) is 1. The van der Waals surface area contributed by atoms with Crippen molar-refractivity contribution in [2.24, 2.45) is 0 Å². The Morgan fingerprint density at radius 2 is 2.11 bits per heavy atom. The van der Waals surface area contributed by atoms with Crippen molar-refractivity contribution in [2.45, 2.75) is 13.1 Å². The summed E-state index contributed by atoms with van der Waals surface area (Å²) in [6, 6.07) is 4.71. The molecule has 0 saturated heterocycles. The van der Waals surface area contributed by atoms with Crippen LogP contribution in [0.2, 0.25) is 5.02 Å². The average Bonchev–Trinajstić information content (AvgIpc) is 2.27. The van der Waals surface area contributed by atoms with E-state index < -0.39 is 25.2 Å². The van der Waals surface area contributed by atoms with Crippen LogP contribution in [-0.2, 0) is 4.79 Å². The second-order valence-electron chi connectivity index (χ2n) is 3.59. The van der Waals surface area contributed by atoms with Crippen molar-refractivity contribution >= 4 is 17.5 Å². The lowest BCUT2D eigenvalue weighted by atomic mass is 10.2. The minimum atomic E-state index is -4.42. The second kappa shape index (κ2) is 5.95. The molecule has 18 heavy (non-hydrogen) atoms. The van der Waals surface area contributed by atoms with Gasteiger partial charge in [0.25, 0.3) is 5.91 Å². The lowest BCUT2D eigenvalue weighted by Crippen LogP contribution is -2.36. The number of aryl methyl sites for hydroxylation is 1. The molecule has 0 unspecified atom stereocenters. The van der Waals surface area contributed by atoms with Crippen LogP contribution in [0.4, 0.5) is 13.2 Å². The summed E-state index contributed by atoms with van der Waals surface area (Å²) in [5.74, 6) is -0.459. The first kappa shape index (κ1) is 14.6. The molecule has 0 fully saturated rings. The molecule has 0 radical (unpaired) electrons. The Morgan fingerprint density at radius 3 is 2.67 bits per heavy atom. The number of halogens is 4. The molecule has 0 aliphatic carbocycles. The van der Waals surface area contributed by atoms with Gasteiger partial charge in [-0.25, -0.2) is 0 Å². The van der Waals surface area contributed by atoms with Crippen LogP contribution in [-0.4, -0.2) is 25.2 Å². The van der Waals surface area contributed by atoms with E-state index in [0.29, 0.717) is 10.8 Å². The van der Waals surface area contributed by atoms with Gasteiger partial charge in [-0.3, -0.25) is 4.79 Å². The Balaban J connectivity index is 2.40. The van der Waals surface area contributed by atoms with Gasteiger partial charge in [0.2, 0.25) is 0 Å². The highest BCUT2D eigenvalue weighted by Crippen LogP contribution is 2.20. The van der Waals surface area contributed by atoms with E-state index in [0.717, 1.165) is 5.56 Å². The van der Waals surface area contributed by atoms with Crippen LogP contribution in [0.25, 0.3) is 0 Å². The van der Waals surface area contributed by atoms with E-state index in [2.05, 4.69) is 0 Å². The first-order valence-corrected chi connectivity index (χ1v) is 5.38. The largest absolute Gasteiger partial charge is 0.484 e. The molecule has 100 valence electrons. The van der Waals surface area contributed by atoms with Crippen molar-refractivity contribution in [1.82, 2.24) is 5.32 Å². The molecule has 0 saturated carbocycles. The van der Waals surface area contributed by atoms with Crippen LogP contribution >= 0.6 is 11.6 Å². The monoisotopic (exact) mass is 281 g/mol. The number of nitrogens with one attached hydrogen (secondary N) is 1. The number of amides is 1. The van der Waals surface area contributed by atoms with Crippen molar-refractivity contribution in [3.05, 3.63) is 28.8 Å². The lowest BCUT2D eigenvalue weighted by Gasteiger charge is -2.10. The summed E-state index contributed by atoms with van der Waals surface area (Å²) in [6.45, 7) is -0.0924. The molecule has 0 aromatic heterocycles. The maximum Gasteiger partial charge on any atom is 0.405 e. The Hall–Kier alpha value is -1.43. The zero-order valence-electron chi connectivity index (χ0n) is 9.47. The highest BCUT2D eigenvalue weighted by atomic mass is 35.5. The Morgan fingerprint density at radius 1 is 1.44 bits per heavy atom. The highest BCUT2D eigenvalue weighted by Gasteiger charge is 2.27. The third-order valence-electron chi connectivity index (χ3n) is 1.99. The molecule has 0 aliphatic rings. The summed E-state index contributed by atoms with van der Waals surface area (Å²) < 4.78 is 40.4. The third-order valence-corrected chi connectivity index (χ3v) is 2.41. The van der Waals surface area contributed by atoms with Crippen LogP contribution in [0.1, 0.15) is 5.56 Å². The number of carbonyl (C=O) groups is 1. The van der Waals surface area contributed by atoms with E-state index in [9.17, 15) is 18.0 Å². The van der Waals surface area contributed by atoms with E-state index in [1.807, 2.05) is 0 Å². The number of carbonyl (C=O) groups excluding carboxylic acids is 1. The first-order chi connectivity index (χ1) is 8.28. The maximum absolute atomic E-state index is 11.8. The minimum Gasteiger partial charge on any atom is -0.484 e. The predicted octanol–water partition coefficient (Wildman–Crippen LogP) is 2.71. The summed E-state index contributed by atoms with van der Waals surface area (Å²) >= 11 is 5.78. The molecule has 0 aliphatic heterocycles. The van der Waals surface area contributed by atoms with Crippen molar-refractivity contribution in [1.29, 1.82) is 0 Å². The van der Waals surface area contributed by atoms with Crippen molar-refractivity contribution in [3.63, 3.8) is 0 Å². The summed E-state index contributed by atoms with van der Waals surface area (Å²) in [7, 11) is 0. The van der Waals surface area contributed by atoms with Crippen LogP contribution in [0.5, 0.6) is 5.75 Å². The molecular formula is C11H11ClF3NO2. The Bertz CT molecular complexity index is 435. The second-order valence-corrected chi connectivity index (χ2v) is 4.00. The van der Waals surface area contributed by atoms with E-state index in [1.165, 1.54) is 6.07 Å². The fourth-order valence-electron chi connectivity index (χ4n) is 1.11. The van der Waals surface area contributed by atoms with Gasteiger partial charge in [0.05, 0.1) is 0 Å². The summed E-state index contributed by atoms with van der Waals surface area (Å²) in [4.78, 5) is 11.1. The molecule has 1 aromatic carbocycles. The van der Waals surface area contributed by atoms with Crippen LogP contribution < -0.4 is 10.1 Å². The molecule has 7 heteroatoms. The van der Waals surface area contributed by atoms with Crippen molar-refractivity contribution < 1.29 is 22.7 Å². The zero-order chi connectivity index (χ0) is 13.8. The highest BCUT2D eigenvalue weighted by molar-refractivity contribution is 6.31. The predicted molar refractivity (Wildman–Crippen MR) is 60.7 cm³/mol. The molecule has 3 nitrogen and oxygen atoms in total. The van der Waals surface area contributed by atoms with Gasteiger partial charge < -0.3 is 10.1 Å². The molecule has 0 bridgehead atoms. The molecule has 0 heterocycles. The Labute approximate surface area is 107 Å². The van der Waals surface area contributed by atoms with Gasteiger partial charge in [-0.2, -0.15) is 13.2 Å². The smallest absolute Gasteiger partial charge is 0.405 e. The van der Waals surface area contributed by atoms with Crippen LogP contribution in [0.15, 0.2) is 18.2 Å². The number of benzene rings is 1. The van der Waals surface area contributed by atoms with Gasteiger partial charge in [-0.05, 0) is 30.7 Å². The van der Waals surface area contributed by atoms with Crippen LogP contribution in [0, 0.1) is 6.92 Å². The van der Waals surface area contributed by atoms with Crippen LogP contribution in [0.3, 0.4) is 0 Å². The third kappa shape index (κ3) is 5.27. The maximum atomic E-state index is 11.8. The van der Waals surface area contributed by atoms with Gasteiger partial charge >= 0.3 is 6.18 Å². The fraction of sp³-hybridized carbons (Fsp3) is 0.364. The standard InChI is InChI=1S/C11H11ClF3NO2/c1-7-4-8(2-3-9(7)12)18-5-10(17)16-6-11(13,14)15/h2-4H,5-6H2,1H3,(H,16,17). The quantitative estimate of drug-likeness (QED) is 0.921. The molecule has 1 aromatic rings. The molecule has 1 rings (SSSR count). The SMILES string of the molecule is Cc1cc(OCC(=O)NCC(F)(F)F)ccc1Cl. The fourth-order valence-corrected chi connectivity index (χ4v) is 1.22. The van der Waals surface area contributed by atoms with E-state index in [1.54, 1.807) is 24.4 Å². The average molecular weight is 282 g/mol. The molecule has 0 spiro atoms. The topological polar surface area (TPSA) is 38.3 Å². The van der Waals surface area contributed by atoms with Gasteiger partial charge in [0.15, 0.2) is 6.61 Å². The van der Waals surface area contributed by atoms with E-state index in [4.69, 9.17) is 16.3 Å². The molecule has 0 atom stereocenters. The van der Waals surface area contributed by atoms with E-state index in [-0.39, 0.29) is 0 Å². The van der Waals surface area contributed by atoms with E-state index >= 15 is 0 Å². The lowest BCUT2D eigenvalue weighted by molar-refractivity contribution is -0.139. The normalized spacial score (nSPS) is 11.2. The summed E-state index contributed by atoms with van der Waals surface area (Å²) in [6.07, 6.45) is -4.42. The minimum absolute atomic E-state index is 0.374. The number of alkyl halides is 3.